The smallest absolute Gasteiger partial charge is 0.274 e. The van der Waals surface area contributed by atoms with Crippen molar-refractivity contribution < 1.29 is 19.8 Å². The average molecular weight is 673 g/mol. The van der Waals surface area contributed by atoms with Gasteiger partial charge in [-0.3, -0.25) is 29.4 Å². The highest BCUT2D eigenvalue weighted by atomic mass is 16.3. The number of nitrogens with zero attached hydrogens (tertiary/aromatic N) is 4. The minimum Gasteiger partial charge on any atom is -0.390 e. The maximum atomic E-state index is 13.5. The molecule has 2 aromatic heterocycles. The summed E-state index contributed by atoms with van der Waals surface area (Å²) in [6.07, 6.45) is 7.64. The number of hydrogen-bond acceptors (Lipinski definition) is 8. The van der Waals surface area contributed by atoms with Crippen molar-refractivity contribution in [3.05, 3.63) is 106 Å². The molecule has 0 unspecified atom stereocenters. The number of β-amino-alcohol motifs (C(OH)–C–C–N with tert-alkyl or cyclic N) is 2. The van der Waals surface area contributed by atoms with Gasteiger partial charge in [-0.1, -0.05) is 24.3 Å². The van der Waals surface area contributed by atoms with E-state index in [2.05, 4.69) is 30.4 Å². The van der Waals surface area contributed by atoms with Crippen LogP contribution in [-0.2, 0) is 13.1 Å². The molecule has 0 atom stereocenters. The quantitative estimate of drug-likeness (QED) is 0.167. The minimum absolute atomic E-state index is 0.248. The molecular weight excluding hydrogens is 628 g/mol. The van der Waals surface area contributed by atoms with E-state index in [-0.39, 0.29) is 24.0 Å². The number of likely N-dealkylation sites (tertiary alicyclic amines) is 2. The SMILES string of the molecule is Cc1c(NC(=O)c2cc(C3CC3)c(CN3CC(O)C3)cn2)cccc1-c1cccc(NC(=O)c2cc(C3CC3)c(CN3CC(O)C3)cn2)c1C. The number of rotatable bonds is 11. The summed E-state index contributed by atoms with van der Waals surface area (Å²) in [5, 5.41) is 25.6. The van der Waals surface area contributed by atoms with Crippen LogP contribution in [0.5, 0.6) is 0 Å². The summed E-state index contributed by atoms with van der Waals surface area (Å²) < 4.78 is 0. The molecule has 4 aromatic rings. The predicted molar refractivity (Wildman–Crippen MR) is 192 cm³/mol. The Hall–Kier alpha value is -4.48. The normalized spacial score (nSPS) is 18.4. The number of aromatic nitrogens is 2. The highest BCUT2D eigenvalue weighted by molar-refractivity contribution is 6.05. The first-order chi connectivity index (χ1) is 24.2. The van der Waals surface area contributed by atoms with Gasteiger partial charge < -0.3 is 20.8 Å². The van der Waals surface area contributed by atoms with Gasteiger partial charge in [0.2, 0.25) is 0 Å². The van der Waals surface area contributed by atoms with Crippen LogP contribution >= 0.6 is 0 Å². The Morgan fingerprint density at radius 2 is 1.08 bits per heavy atom. The second-order valence-corrected chi connectivity index (χ2v) is 14.6. The summed E-state index contributed by atoms with van der Waals surface area (Å²) in [4.78, 5) is 40.5. The molecule has 2 saturated carbocycles. The fraction of sp³-hybridized carbons (Fsp3) is 0.400. The predicted octanol–water partition coefficient (Wildman–Crippen LogP) is 5.37. The van der Waals surface area contributed by atoms with Gasteiger partial charge in [0.05, 0.1) is 12.2 Å². The average Bonchev–Trinajstić information content (AvgIpc) is 4.00. The van der Waals surface area contributed by atoms with E-state index in [9.17, 15) is 19.8 Å². The summed E-state index contributed by atoms with van der Waals surface area (Å²) in [5.74, 6) is 0.436. The van der Waals surface area contributed by atoms with Gasteiger partial charge in [0.15, 0.2) is 0 Å². The van der Waals surface area contributed by atoms with Gasteiger partial charge in [-0.2, -0.15) is 0 Å². The number of aliphatic hydroxyl groups excluding tert-OH is 2. The fourth-order valence-electron chi connectivity index (χ4n) is 7.38. The lowest BCUT2D eigenvalue weighted by atomic mass is 9.94. The number of carbonyl (C=O) groups is 2. The minimum atomic E-state index is -0.250. The number of hydrogen-bond donors (Lipinski definition) is 4. The van der Waals surface area contributed by atoms with Crippen molar-refractivity contribution >= 4 is 23.2 Å². The molecule has 4 heterocycles. The van der Waals surface area contributed by atoms with Crippen molar-refractivity contribution in [3.8, 4) is 11.1 Å². The van der Waals surface area contributed by atoms with E-state index in [0.717, 1.165) is 72.2 Å². The summed E-state index contributed by atoms with van der Waals surface area (Å²) in [7, 11) is 0. The topological polar surface area (TPSA) is 131 Å². The summed E-state index contributed by atoms with van der Waals surface area (Å²) in [6, 6.07) is 15.6. The largest absolute Gasteiger partial charge is 0.390 e. The van der Waals surface area contributed by atoms with Crippen molar-refractivity contribution in [2.75, 3.05) is 36.8 Å². The fourth-order valence-corrected chi connectivity index (χ4v) is 7.38. The molecule has 2 saturated heterocycles. The first kappa shape index (κ1) is 32.7. The number of pyridine rings is 2. The molecule has 2 aliphatic carbocycles. The Bertz CT molecular complexity index is 1820. The van der Waals surface area contributed by atoms with Crippen LogP contribution in [0.2, 0.25) is 0 Å². The van der Waals surface area contributed by atoms with E-state index in [1.54, 1.807) is 0 Å². The van der Waals surface area contributed by atoms with Crippen LogP contribution in [0.15, 0.2) is 60.9 Å². The van der Waals surface area contributed by atoms with Gasteiger partial charge in [-0.15, -0.1) is 0 Å². The van der Waals surface area contributed by atoms with E-state index in [1.807, 2.05) is 74.8 Å². The third kappa shape index (κ3) is 6.81. The molecule has 50 heavy (non-hydrogen) atoms. The van der Waals surface area contributed by atoms with Crippen molar-refractivity contribution in [2.24, 2.45) is 0 Å². The summed E-state index contributed by atoms with van der Waals surface area (Å²) in [5.41, 5.74) is 10.6. The van der Waals surface area contributed by atoms with Crippen molar-refractivity contribution in [3.63, 3.8) is 0 Å². The molecule has 2 amide bonds. The highest BCUT2D eigenvalue weighted by Gasteiger charge is 2.32. The molecule has 2 aliphatic heterocycles. The molecule has 258 valence electrons. The van der Waals surface area contributed by atoms with Crippen molar-refractivity contribution in [1.82, 2.24) is 19.8 Å². The molecular formula is C40H44N6O4. The number of carbonyl (C=O) groups excluding carboxylic acids is 2. The maximum absolute atomic E-state index is 13.5. The van der Waals surface area contributed by atoms with Crippen LogP contribution in [0.1, 0.15) is 91.9 Å². The van der Waals surface area contributed by atoms with E-state index in [1.165, 1.54) is 11.1 Å². The van der Waals surface area contributed by atoms with Gasteiger partial charge in [-0.05, 0) is 120 Å². The molecule has 10 nitrogen and oxygen atoms in total. The van der Waals surface area contributed by atoms with E-state index >= 15 is 0 Å². The second-order valence-electron chi connectivity index (χ2n) is 14.6. The van der Waals surface area contributed by atoms with Crippen LogP contribution in [0, 0.1) is 13.8 Å². The van der Waals surface area contributed by atoms with Crippen LogP contribution in [0.3, 0.4) is 0 Å². The third-order valence-corrected chi connectivity index (χ3v) is 10.7. The zero-order valence-corrected chi connectivity index (χ0v) is 28.7. The Morgan fingerprint density at radius 1 is 0.680 bits per heavy atom. The maximum Gasteiger partial charge on any atom is 0.274 e. The Morgan fingerprint density at radius 3 is 1.44 bits per heavy atom. The van der Waals surface area contributed by atoms with Gasteiger partial charge in [0.1, 0.15) is 11.4 Å². The number of anilines is 2. The first-order valence-corrected chi connectivity index (χ1v) is 17.8. The molecule has 4 N–H and O–H groups in total. The number of aliphatic hydroxyl groups is 2. The zero-order chi connectivity index (χ0) is 34.5. The molecule has 0 bridgehead atoms. The lowest BCUT2D eigenvalue weighted by Gasteiger charge is -2.36. The summed E-state index contributed by atoms with van der Waals surface area (Å²) in [6.45, 7) is 8.18. The number of amides is 2. The van der Waals surface area contributed by atoms with Crippen LogP contribution < -0.4 is 10.6 Å². The molecule has 4 aliphatic rings. The van der Waals surface area contributed by atoms with Gasteiger partial charge >= 0.3 is 0 Å². The second kappa shape index (κ2) is 13.3. The Labute approximate surface area is 292 Å². The zero-order valence-electron chi connectivity index (χ0n) is 28.7. The summed E-state index contributed by atoms with van der Waals surface area (Å²) >= 11 is 0. The van der Waals surface area contributed by atoms with Crippen molar-refractivity contribution in [1.29, 1.82) is 0 Å². The first-order valence-electron chi connectivity index (χ1n) is 17.8. The Balaban J connectivity index is 0.983. The lowest BCUT2D eigenvalue weighted by Crippen LogP contribution is -2.49. The van der Waals surface area contributed by atoms with Gasteiger partial charge in [0, 0.05) is 63.0 Å². The van der Waals surface area contributed by atoms with E-state index in [4.69, 9.17) is 0 Å². The van der Waals surface area contributed by atoms with Crippen molar-refractivity contribution in [2.45, 2.75) is 76.7 Å². The molecule has 10 heteroatoms. The molecule has 4 fully saturated rings. The Kier molecular flexibility index (Phi) is 8.72. The standard InChI is InChI=1S/C40H44N6O4/c1-23-31(5-3-7-35(23)43-39(49)37-13-33(25-9-10-25)27(15-41-37)17-45-19-29(47)20-45)32-6-4-8-36(24(32)2)44-40(50)38-14-34(26-11-12-26)28(16-42-38)18-46-21-30(48)22-46/h3-8,13-16,25-26,29-30,47-48H,9-12,17-22H2,1-2H3,(H,43,49)(H,44,50). The van der Waals surface area contributed by atoms with E-state index < -0.39 is 0 Å². The van der Waals surface area contributed by atoms with Crippen LogP contribution in [0.25, 0.3) is 11.1 Å². The monoisotopic (exact) mass is 672 g/mol. The lowest BCUT2D eigenvalue weighted by molar-refractivity contribution is -0.00326. The van der Waals surface area contributed by atoms with Gasteiger partial charge in [-0.25, -0.2) is 0 Å². The van der Waals surface area contributed by atoms with Crippen LogP contribution in [0.4, 0.5) is 11.4 Å². The van der Waals surface area contributed by atoms with E-state index in [0.29, 0.717) is 60.8 Å². The molecule has 0 spiro atoms. The molecule has 0 radical (unpaired) electrons. The van der Waals surface area contributed by atoms with Crippen LogP contribution in [-0.4, -0.2) is 80.2 Å². The highest BCUT2D eigenvalue weighted by Crippen LogP contribution is 2.43. The molecule has 2 aromatic carbocycles. The van der Waals surface area contributed by atoms with Gasteiger partial charge in [0.25, 0.3) is 11.8 Å². The third-order valence-electron chi connectivity index (χ3n) is 10.7. The molecule has 8 rings (SSSR count). The number of benzene rings is 2. The number of nitrogens with one attached hydrogen (secondary N) is 2.